The predicted octanol–water partition coefficient (Wildman–Crippen LogP) is 1.38. The molecule has 0 saturated carbocycles. The number of thioether (sulfide) groups is 1. The first-order valence-corrected chi connectivity index (χ1v) is 6.17. The summed E-state index contributed by atoms with van der Waals surface area (Å²) in [5.41, 5.74) is 4.73. The zero-order chi connectivity index (χ0) is 11.1. The molecule has 0 aromatic carbocycles. The summed E-state index contributed by atoms with van der Waals surface area (Å²) in [4.78, 5) is 7.15. The minimum atomic E-state index is -0.699. The number of unbranched alkanes of at least 4 members (excludes halogenated alkanes) is 1. The van der Waals surface area contributed by atoms with Crippen LogP contribution in [0.3, 0.4) is 0 Å². The lowest BCUT2D eigenvalue weighted by Crippen LogP contribution is -2.33. The summed E-state index contributed by atoms with van der Waals surface area (Å²) in [6.45, 7) is 2.12. The molecular weight excluding hydrogens is 210 g/mol. The molecule has 0 aliphatic rings. The zero-order valence-corrected chi connectivity index (χ0v) is 9.89. The molecule has 0 aliphatic heterocycles. The molecule has 1 aromatic rings. The normalized spacial score (nSPS) is 15.1. The Bertz CT molecular complexity index is 262. The lowest BCUT2D eigenvalue weighted by molar-refractivity contribution is 0.0577. The fourth-order valence-electron chi connectivity index (χ4n) is 1.21. The second kappa shape index (κ2) is 6.15. The van der Waals surface area contributed by atoms with E-state index in [0.29, 0.717) is 6.54 Å². The average molecular weight is 229 g/mol. The van der Waals surface area contributed by atoms with Gasteiger partial charge in [-0.25, -0.2) is 4.98 Å². The smallest absolute Gasteiger partial charge is 0.165 e. The van der Waals surface area contributed by atoms with Crippen LogP contribution in [0.2, 0.25) is 0 Å². The summed E-state index contributed by atoms with van der Waals surface area (Å²) in [5, 5.41) is 10.6. The first kappa shape index (κ1) is 12.5. The highest BCUT2D eigenvalue weighted by Gasteiger charge is 2.16. The standard InChI is InChI=1S/C10H19N3OS/c1-10(14,8-11)4-2-3-7-15-9-12-5-6-13-9/h5-6,14H,2-4,7-8,11H2,1H3,(H,12,13). The van der Waals surface area contributed by atoms with Gasteiger partial charge in [0.1, 0.15) is 0 Å². The molecule has 0 amide bonds. The maximum atomic E-state index is 9.66. The molecule has 4 N–H and O–H groups in total. The second-order valence-corrected chi connectivity index (χ2v) is 4.98. The van der Waals surface area contributed by atoms with Gasteiger partial charge in [0.2, 0.25) is 0 Å². The number of nitrogens with zero attached hydrogens (tertiary/aromatic N) is 1. The molecule has 0 fully saturated rings. The molecule has 0 bridgehead atoms. The van der Waals surface area contributed by atoms with Crippen molar-refractivity contribution in [3.63, 3.8) is 0 Å². The number of hydrogen-bond donors (Lipinski definition) is 3. The molecule has 1 rings (SSSR count). The molecule has 86 valence electrons. The highest BCUT2D eigenvalue weighted by atomic mass is 32.2. The number of aromatic nitrogens is 2. The van der Waals surface area contributed by atoms with Crippen molar-refractivity contribution in [2.75, 3.05) is 12.3 Å². The van der Waals surface area contributed by atoms with Crippen molar-refractivity contribution in [2.24, 2.45) is 5.73 Å². The van der Waals surface area contributed by atoms with Gasteiger partial charge in [-0.15, -0.1) is 0 Å². The van der Waals surface area contributed by atoms with Crippen LogP contribution in [0, 0.1) is 0 Å². The van der Waals surface area contributed by atoms with E-state index in [1.54, 1.807) is 24.9 Å². The number of aromatic amines is 1. The number of rotatable bonds is 7. The van der Waals surface area contributed by atoms with Crippen LogP contribution < -0.4 is 5.73 Å². The van der Waals surface area contributed by atoms with Crippen LogP contribution in [-0.4, -0.2) is 33.0 Å². The van der Waals surface area contributed by atoms with E-state index in [9.17, 15) is 5.11 Å². The van der Waals surface area contributed by atoms with E-state index in [1.807, 2.05) is 6.20 Å². The van der Waals surface area contributed by atoms with Gasteiger partial charge in [-0.05, 0) is 26.2 Å². The molecule has 1 unspecified atom stereocenters. The Morgan fingerprint density at radius 3 is 3.00 bits per heavy atom. The van der Waals surface area contributed by atoms with E-state index in [-0.39, 0.29) is 0 Å². The molecule has 1 heterocycles. The van der Waals surface area contributed by atoms with E-state index >= 15 is 0 Å². The number of nitrogens with two attached hydrogens (primary N) is 1. The van der Waals surface area contributed by atoms with Crippen molar-refractivity contribution in [3.05, 3.63) is 12.4 Å². The molecule has 0 spiro atoms. The monoisotopic (exact) mass is 229 g/mol. The molecular formula is C10H19N3OS. The van der Waals surface area contributed by atoms with E-state index in [0.717, 1.165) is 30.2 Å². The van der Waals surface area contributed by atoms with Gasteiger partial charge in [0, 0.05) is 24.7 Å². The van der Waals surface area contributed by atoms with Crippen molar-refractivity contribution in [1.29, 1.82) is 0 Å². The van der Waals surface area contributed by atoms with Gasteiger partial charge < -0.3 is 15.8 Å². The topological polar surface area (TPSA) is 74.9 Å². The molecule has 5 heteroatoms. The van der Waals surface area contributed by atoms with Crippen molar-refractivity contribution in [2.45, 2.75) is 36.9 Å². The van der Waals surface area contributed by atoms with Crippen LogP contribution in [0.4, 0.5) is 0 Å². The SMILES string of the molecule is CC(O)(CN)CCCCSc1ncc[nH]1. The summed E-state index contributed by atoms with van der Waals surface area (Å²) in [6.07, 6.45) is 6.41. The minimum Gasteiger partial charge on any atom is -0.389 e. The summed E-state index contributed by atoms with van der Waals surface area (Å²) >= 11 is 1.71. The molecule has 0 radical (unpaired) electrons. The van der Waals surface area contributed by atoms with E-state index in [2.05, 4.69) is 9.97 Å². The number of aliphatic hydroxyl groups is 1. The van der Waals surface area contributed by atoms with Crippen molar-refractivity contribution >= 4 is 11.8 Å². The summed E-state index contributed by atoms with van der Waals surface area (Å²) in [7, 11) is 0. The van der Waals surface area contributed by atoms with Crippen molar-refractivity contribution in [3.8, 4) is 0 Å². The van der Waals surface area contributed by atoms with Gasteiger partial charge >= 0.3 is 0 Å². The Kier molecular flexibility index (Phi) is 5.14. The Balaban J connectivity index is 2.03. The van der Waals surface area contributed by atoms with Crippen molar-refractivity contribution < 1.29 is 5.11 Å². The van der Waals surface area contributed by atoms with Gasteiger partial charge in [-0.3, -0.25) is 0 Å². The summed E-state index contributed by atoms with van der Waals surface area (Å²) in [5.74, 6) is 1.02. The van der Waals surface area contributed by atoms with E-state index < -0.39 is 5.60 Å². The molecule has 0 saturated heterocycles. The number of nitrogens with one attached hydrogen (secondary N) is 1. The van der Waals surface area contributed by atoms with Crippen LogP contribution in [0.15, 0.2) is 17.6 Å². The second-order valence-electron chi connectivity index (χ2n) is 3.90. The third-order valence-corrected chi connectivity index (χ3v) is 3.25. The molecule has 1 aromatic heterocycles. The average Bonchev–Trinajstić information content (AvgIpc) is 2.70. The third-order valence-electron chi connectivity index (χ3n) is 2.26. The Morgan fingerprint density at radius 2 is 2.40 bits per heavy atom. The quantitative estimate of drug-likeness (QED) is 0.488. The van der Waals surface area contributed by atoms with Crippen LogP contribution in [0.25, 0.3) is 0 Å². The molecule has 0 aliphatic carbocycles. The first-order valence-electron chi connectivity index (χ1n) is 5.19. The lowest BCUT2D eigenvalue weighted by atomic mass is 10.00. The predicted molar refractivity (Wildman–Crippen MR) is 62.8 cm³/mol. The fraction of sp³-hybridized carbons (Fsp3) is 0.700. The van der Waals surface area contributed by atoms with E-state index in [4.69, 9.17) is 5.73 Å². The van der Waals surface area contributed by atoms with Gasteiger partial charge in [-0.1, -0.05) is 11.8 Å². The zero-order valence-electron chi connectivity index (χ0n) is 9.07. The van der Waals surface area contributed by atoms with Crippen LogP contribution >= 0.6 is 11.8 Å². The Morgan fingerprint density at radius 1 is 1.60 bits per heavy atom. The molecule has 15 heavy (non-hydrogen) atoms. The Labute approximate surface area is 94.7 Å². The maximum absolute atomic E-state index is 9.66. The Hall–Kier alpha value is -0.520. The number of hydrogen-bond acceptors (Lipinski definition) is 4. The summed E-state index contributed by atoms with van der Waals surface area (Å²) < 4.78 is 0. The molecule has 1 atom stereocenters. The number of imidazole rings is 1. The highest BCUT2D eigenvalue weighted by Crippen LogP contribution is 2.17. The molecule has 4 nitrogen and oxygen atoms in total. The van der Waals surface area contributed by atoms with Gasteiger partial charge in [0.15, 0.2) is 5.16 Å². The minimum absolute atomic E-state index is 0.332. The maximum Gasteiger partial charge on any atom is 0.165 e. The van der Waals surface area contributed by atoms with Crippen LogP contribution in [0.1, 0.15) is 26.2 Å². The summed E-state index contributed by atoms with van der Waals surface area (Å²) in [6, 6.07) is 0. The fourth-order valence-corrected chi connectivity index (χ4v) is 2.04. The van der Waals surface area contributed by atoms with Crippen molar-refractivity contribution in [1.82, 2.24) is 9.97 Å². The first-order chi connectivity index (χ1) is 7.14. The van der Waals surface area contributed by atoms with Crippen LogP contribution in [0.5, 0.6) is 0 Å². The highest BCUT2D eigenvalue weighted by molar-refractivity contribution is 7.99. The largest absolute Gasteiger partial charge is 0.389 e. The van der Waals surface area contributed by atoms with E-state index in [1.165, 1.54) is 0 Å². The third kappa shape index (κ3) is 5.20. The lowest BCUT2D eigenvalue weighted by Gasteiger charge is -2.20. The van der Waals surface area contributed by atoms with Gasteiger partial charge in [0.05, 0.1) is 5.60 Å². The number of H-pyrrole nitrogens is 1. The van der Waals surface area contributed by atoms with Crippen LogP contribution in [-0.2, 0) is 0 Å². The van der Waals surface area contributed by atoms with Gasteiger partial charge in [0.25, 0.3) is 0 Å². The van der Waals surface area contributed by atoms with Gasteiger partial charge in [-0.2, -0.15) is 0 Å².